The van der Waals surface area contributed by atoms with Gasteiger partial charge in [0.25, 0.3) is 0 Å². The Morgan fingerprint density at radius 2 is 2.32 bits per heavy atom. The van der Waals surface area contributed by atoms with E-state index < -0.39 is 0 Å². The van der Waals surface area contributed by atoms with Crippen LogP contribution in [0.4, 0.5) is 5.82 Å². The molecule has 0 radical (unpaired) electrons. The van der Waals surface area contributed by atoms with Crippen LogP contribution in [0.15, 0.2) is 18.3 Å². The molecule has 2 fully saturated rings. The van der Waals surface area contributed by atoms with Gasteiger partial charge in [-0.1, -0.05) is 0 Å². The van der Waals surface area contributed by atoms with E-state index in [9.17, 15) is 9.59 Å². The molecule has 0 spiro atoms. The highest BCUT2D eigenvalue weighted by atomic mass is 16.2. The number of carbonyl (C=O) groups excluding carboxylic acids is 2. The lowest BCUT2D eigenvalue weighted by Gasteiger charge is -2.36. The van der Waals surface area contributed by atoms with Crippen molar-refractivity contribution in [1.82, 2.24) is 10.3 Å². The number of nitrogens with one attached hydrogen (secondary N) is 1. The molecule has 3 rings (SSSR count). The van der Waals surface area contributed by atoms with Crippen LogP contribution >= 0.6 is 0 Å². The summed E-state index contributed by atoms with van der Waals surface area (Å²) in [6.45, 7) is 3.15. The van der Waals surface area contributed by atoms with E-state index in [1.54, 1.807) is 12.3 Å². The van der Waals surface area contributed by atoms with Crippen molar-refractivity contribution in [3.05, 3.63) is 23.9 Å². The molecule has 5 heteroatoms. The van der Waals surface area contributed by atoms with Crippen LogP contribution in [-0.2, 0) is 4.79 Å². The van der Waals surface area contributed by atoms with Crippen molar-refractivity contribution < 1.29 is 9.59 Å². The Morgan fingerprint density at radius 3 is 3.00 bits per heavy atom. The summed E-state index contributed by atoms with van der Waals surface area (Å²) < 4.78 is 0. The molecule has 1 amide bonds. The van der Waals surface area contributed by atoms with Gasteiger partial charge in [-0.05, 0) is 31.9 Å². The maximum absolute atomic E-state index is 11.7. The zero-order valence-electron chi connectivity index (χ0n) is 10.9. The minimum Gasteiger partial charge on any atom is -0.354 e. The zero-order valence-corrected chi connectivity index (χ0v) is 10.9. The molecule has 0 aliphatic carbocycles. The third-order valence-electron chi connectivity index (χ3n) is 4.05. The van der Waals surface area contributed by atoms with Gasteiger partial charge in [-0.25, -0.2) is 4.98 Å². The minimum atomic E-state index is 0.0216. The molecule has 2 aliphatic rings. The number of nitrogens with zero attached hydrogens (tertiary/aromatic N) is 2. The smallest absolute Gasteiger partial charge is 0.225 e. The second-order valence-corrected chi connectivity index (χ2v) is 5.22. The Morgan fingerprint density at radius 1 is 1.47 bits per heavy atom. The van der Waals surface area contributed by atoms with Gasteiger partial charge in [0, 0.05) is 24.8 Å². The zero-order chi connectivity index (χ0) is 13.4. The number of ketones is 1. The molecule has 2 atom stereocenters. The Kier molecular flexibility index (Phi) is 2.97. The number of pyridine rings is 1. The highest BCUT2D eigenvalue weighted by Gasteiger charge is 2.41. The summed E-state index contributed by atoms with van der Waals surface area (Å²) in [6.07, 6.45) is 3.58. The second kappa shape index (κ2) is 4.64. The number of fused-ring (bicyclic) bond motifs is 1. The highest BCUT2D eigenvalue weighted by Crippen LogP contribution is 2.30. The van der Waals surface area contributed by atoms with Gasteiger partial charge < -0.3 is 10.2 Å². The number of carbonyl (C=O) groups is 2. The number of rotatable bonds is 2. The molecule has 2 unspecified atom stereocenters. The summed E-state index contributed by atoms with van der Waals surface area (Å²) in [7, 11) is 0. The third kappa shape index (κ3) is 2.09. The minimum absolute atomic E-state index is 0.0216. The second-order valence-electron chi connectivity index (χ2n) is 5.22. The average molecular weight is 259 g/mol. The van der Waals surface area contributed by atoms with Gasteiger partial charge in [0.05, 0.1) is 12.0 Å². The molecule has 1 aromatic heterocycles. The summed E-state index contributed by atoms with van der Waals surface area (Å²) >= 11 is 0. The van der Waals surface area contributed by atoms with Crippen LogP contribution in [0.25, 0.3) is 0 Å². The van der Waals surface area contributed by atoms with Gasteiger partial charge in [-0.3, -0.25) is 9.59 Å². The fourth-order valence-corrected chi connectivity index (χ4v) is 3.00. The van der Waals surface area contributed by atoms with Crippen molar-refractivity contribution in [3.63, 3.8) is 0 Å². The summed E-state index contributed by atoms with van der Waals surface area (Å²) in [5.74, 6) is 1.13. The van der Waals surface area contributed by atoms with Crippen molar-refractivity contribution in [2.24, 2.45) is 5.92 Å². The van der Waals surface area contributed by atoms with Gasteiger partial charge in [0.2, 0.25) is 5.91 Å². The van der Waals surface area contributed by atoms with Crippen LogP contribution < -0.4 is 10.2 Å². The molecule has 2 aliphatic heterocycles. The van der Waals surface area contributed by atoms with E-state index in [2.05, 4.69) is 15.2 Å². The topological polar surface area (TPSA) is 62.3 Å². The predicted molar refractivity (Wildman–Crippen MR) is 71.1 cm³/mol. The normalized spacial score (nSPS) is 25.9. The molecule has 3 heterocycles. The first kappa shape index (κ1) is 12.1. The summed E-state index contributed by atoms with van der Waals surface area (Å²) in [5, 5.41) is 2.93. The van der Waals surface area contributed by atoms with Crippen LogP contribution in [0, 0.1) is 5.92 Å². The Labute approximate surface area is 112 Å². The molecule has 0 aromatic carbocycles. The maximum atomic E-state index is 11.7. The molecule has 0 bridgehead atoms. The molecule has 5 nitrogen and oxygen atoms in total. The number of piperidine rings is 1. The number of Topliss-reactive ketones (excluding diaryl/α,β-unsaturated/α-hetero) is 1. The standard InChI is InChI=1S/C14H17N3O2/c1-9(18)10-4-5-13(15-7-10)17-6-2-3-11-12(17)8-16-14(11)19/h4-5,7,11-12H,2-3,6,8H2,1H3,(H,16,19). The molecule has 2 saturated heterocycles. The molecule has 100 valence electrons. The van der Waals surface area contributed by atoms with Crippen LogP contribution in [0.1, 0.15) is 30.1 Å². The van der Waals surface area contributed by atoms with E-state index in [1.807, 2.05) is 6.07 Å². The molecule has 0 saturated carbocycles. The van der Waals surface area contributed by atoms with E-state index in [4.69, 9.17) is 0 Å². The quantitative estimate of drug-likeness (QED) is 0.805. The highest BCUT2D eigenvalue weighted by molar-refractivity contribution is 5.93. The maximum Gasteiger partial charge on any atom is 0.225 e. The van der Waals surface area contributed by atoms with Gasteiger partial charge in [0.1, 0.15) is 5.82 Å². The first-order valence-electron chi connectivity index (χ1n) is 6.68. The predicted octanol–water partition coefficient (Wildman–Crippen LogP) is 0.999. The van der Waals surface area contributed by atoms with E-state index in [1.165, 1.54) is 6.92 Å². The summed E-state index contributed by atoms with van der Waals surface area (Å²) in [6, 6.07) is 3.89. The van der Waals surface area contributed by atoms with Gasteiger partial charge in [0.15, 0.2) is 5.78 Å². The van der Waals surface area contributed by atoms with Crippen LogP contribution in [-0.4, -0.2) is 35.8 Å². The van der Waals surface area contributed by atoms with E-state index >= 15 is 0 Å². The van der Waals surface area contributed by atoms with E-state index in [0.29, 0.717) is 12.1 Å². The molecular weight excluding hydrogens is 242 g/mol. The van der Waals surface area contributed by atoms with Crippen molar-refractivity contribution in [1.29, 1.82) is 0 Å². The van der Waals surface area contributed by atoms with Gasteiger partial charge >= 0.3 is 0 Å². The number of anilines is 1. The lowest BCUT2D eigenvalue weighted by Crippen LogP contribution is -2.46. The Balaban J connectivity index is 1.85. The van der Waals surface area contributed by atoms with Crippen molar-refractivity contribution in [2.45, 2.75) is 25.8 Å². The lowest BCUT2D eigenvalue weighted by atomic mass is 9.91. The third-order valence-corrected chi connectivity index (χ3v) is 4.05. The van der Waals surface area contributed by atoms with Crippen molar-refractivity contribution >= 4 is 17.5 Å². The van der Waals surface area contributed by atoms with E-state index in [0.717, 1.165) is 25.2 Å². The number of aromatic nitrogens is 1. The fraction of sp³-hybridized carbons (Fsp3) is 0.500. The summed E-state index contributed by atoms with van der Waals surface area (Å²) in [5.41, 5.74) is 0.623. The monoisotopic (exact) mass is 259 g/mol. The lowest BCUT2D eigenvalue weighted by molar-refractivity contribution is -0.123. The molecule has 1 aromatic rings. The average Bonchev–Trinajstić information content (AvgIpc) is 2.81. The number of amides is 1. The van der Waals surface area contributed by atoms with Crippen molar-refractivity contribution in [2.75, 3.05) is 18.0 Å². The first-order chi connectivity index (χ1) is 9.16. The SMILES string of the molecule is CC(=O)c1ccc(N2CCCC3C(=O)NCC32)nc1. The largest absolute Gasteiger partial charge is 0.354 e. The van der Waals surface area contributed by atoms with Crippen LogP contribution in [0.2, 0.25) is 0 Å². The summed E-state index contributed by atoms with van der Waals surface area (Å²) in [4.78, 5) is 29.5. The Bertz CT molecular complexity index is 512. The first-order valence-corrected chi connectivity index (χ1v) is 6.68. The van der Waals surface area contributed by atoms with Gasteiger partial charge in [-0.15, -0.1) is 0 Å². The molecular formula is C14H17N3O2. The van der Waals surface area contributed by atoms with Crippen LogP contribution in [0.3, 0.4) is 0 Å². The van der Waals surface area contributed by atoms with Crippen LogP contribution in [0.5, 0.6) is 0 Å². The number of hydrogen-bond donors (Lipinski definition) is 1. The fourth-order valence-electron chi connectivity index (χ4n) is 3.00. The van der Waals surface area contributed by atoms with E-state index in [-0.39, 0.29) is 23.7 Å². The van der Waals surface area contributed by atoms with Gasteiger partial charge in [-0.2, -0.15) is 0 Å². The number of hydrogen-bond acceptors (Lipinski definition) is 4. The molecule has 1 N–H and O–H groups in total. The van der Waals surface area contributed by atoms with Crippen molar-refractivity contribution in [3.8, 4) is 0 Å². The molecule has 19 heavy (non-hydrogen) atoms. The Hall–Kier alpha value is -1.91.